The van der Waals surface area contributed by atoms with Gasteiger partial charge in [0.2, 0.25) is 0 Å². The second-order valence-electron chi connectivity index (χ2n) is 8.00. The minimum atomic E-state index is -4.38. The molecule has 0 radical (unpaired) electrons. The first-order valence-electron chi connectivity index (χ1n) is 10.2. The number of fused-ring (bicyclic) bond motifs is 2. The number of alkyl halides is 3. The molecule has 2 aromatic heterocycles. The summed E-state index contributed by atoms with van der Waals surface area (Å²) in [4.78, 5) is 8.78. The van der Waals surface area contributed by atoms with E-state index in [2.05, 4.69) is 15.3 Å². The summed E-state index contributed by atoms with van der Waals surface area (Å²) >= 11 is 1.54. The Hall–Kier alpha value is -2.65. The smallest absolute Gasteiger partial charge is 0.391 e. The fourth-order valence-corrected chi connectivity index (χ4v) is 5.12. The molecular formula is C22H21F3N4OS. The van der Waals surface area contributed by atoms with Crippen LogP contribution < -0.4 is 5.32 Å². The highest BCUT2D eigenvalue weighted by Crippen LogP contribution is 2.32. The van der Waals surface area contributed by atoms with Crippen molar-refractivity contribution in [3.63, 3.8) is 0 Å². The minimum absolute atomic E-state index is 0.0349. The van der Waals surface area contributed by atoms with Crippen LogP contribution in [-0.4, -0.2) is 31.8 Å². The van der Waals surface area contributed by atoms with Crippen molar-refractivity contribution in [3.05, 3.63) is 53.9 Å². The summed E-state index contributed by atoms with van der Waals surface area (Å²) in [5, 5.41) is 14.4. The Morgan fingerprint density at radius 2 is 1.94 bits per heavy atom. The van der Waals surface area contributed by atoms with E-state index in [1.54, 1.807) is 17.7 Å². The number of halogens is 3. The molecule has 31 heavy (non-hydrogen) atoms. The van der Waals surface area contributed by atoms with Crippen molar-refractivity contribution in [2.24, 2.45) is 0 Å². The number of nitrogens with zero attached hydrogens (tertiary/aromatic N) is 3. The predicted octanol–water partition coefficient (Wildman–Crippen LogP) is 5.43. The number of benzene rings is 2. The molecule has 0 bridgehead atoms. The van der Waals surface area contributed by atoms with E-state index in [1.165, 1.54) is 6.07 Å². The highest BCUT2D eigenvalue weighted by atomic mass is 32.1. The molecule has 1 saturated carbocycles. The van der Waals surface area contributed by atoms with Crippen LogP contribution in [0.4, 0.5) is 18.3 Å². The third-order valence-corrected chi connectivity index (χ3v) is 6.74. The van der Waals surface area contributed by atoms with E-state index >= 15 is 0 Å². The largest absolute Gasteiger partial charge is 0.416 e. The highest BCUT2D eigenvalue weighted by molar-refractivity contribution is 7.22. The average molecular weight is 446 g/mol. The zero-order chi connectivity index (χ0) is 21.6. The first kappa shape index (κ1) is 20.3. The van der Waals surface area contributed by atoms with Crippen molar-refractivity contribution in [1.82, 2.24) is 14.5 Å². The first-order valence-corrected chi connectivity index (χ1v) is 11.0. The summed E-state index contributed by atoms with van der Waals surface area (Å²) in [5.41, 5.74) is 2.18. The van der Waals surface area contributed by atoms with Crippen LogP contribution in [0.5, 0.6) is 0 Å². The number of hydrogen-bond acceptors (Lipinski definition) is 5. The molecule has 2 N–H and O–H groups in total. The van der Waals surface area contributed by atoms with Gasteiger partial charge in [0.1, 0.15) is 0 Å². The molecule has 0 aliphatic heterocycles. The highest BCUT2D eigenvalue weighted by Gasteiger charge is 2.30. The summed E-state index contributed by atoms with van der Waals surface area (Å²) in [7, 11) is 0. The van der Waals surface area contributed by atoms with Gasteiger partial charge in [-0.3, -0.25) is 0 Å². The monoisotopic (exact) mass is 446 g/mol. The molecule has 1 fully saturated rings. The lowest BCUT2D eigenvalue weighted by molar-refractivity contribution is -0.137. The molecule has 0 saturated heterocycles. The molecule has 2 aromatic carbocycles. The van der Waals surface area contributed by atoms with Crippen molar-refractivity contribution in [1.29, 1.82) is 0 Å². The van der Waals surface area contributed by atoms with Crippen LogP contribution in [0.25, 0.3) is 21.3 Å². The van der Waals surface area contributed by atoms with Crippen LogP contribution >= 0.6 is 11.3 Å². The normalized spacial score (nSPS) is 19.9. The maximum atomic E-state index is 12.9. The Morgan fingerprint density at radius 1 is 1.10 bits per heavy atom. The van der Waals surface area contributed by atoms with Gasteiger partial charge in [-0.1, -0.05) is 30.2 Å². The van der Waals surface area contributed by atoms with E-state index in [4.69, 9.17) is 0 Å². The summed E-state index contributed by atoms with van der Waals surface area (Å²) < 4.78 is 41.7. The number of aliphatic hydroxyl groups excluding tert-OH is 1. The van der Waals surface area contributed by atoms with Crippen LogP contribution in [0.1, 0.15) is 36.8 Å². The Bertz CT molecular complexity index is 1230. The molecule has 0 spiro atoms. The minimum Gasteiger partial charge on any atom is -0.391 e. The number of imidazole rings is 1. The Labute approximate surface area is 180 Å². The van der Waals surface area contributed by atoms with Gasteiger partial charge < -0.3 is 15.0 Å². The Morgan fingerprint density at radius 3 is 2.74 bits per heavy atom. The van der Waals surface area contributed by atoms with E-state index in [0.29, 0.717) is 17.6 Å². The maximum Gasteiger partial charge on any atom is 0.416 e. The van der Waals surface area contributed by atoms with Gasteiger partial charge in [0.15, 0.2) is 5.13 Å². The second-order valence-corrected chi connectivity index (χ2v) is 9.03. The molecule has 2 heterocycles. The van der Waals surface area contributed by atoms with Crippen LogP contribution in [0, 0.1) is 0 Å². The summed E-state index contributed by atoms with van der Waals surface area (Å²) in [6, 6.07) is 9.63. The number of aliphatic hydroxyl groups is 1. The molecule has 5 nitrogen and oxygen atoms in total. The molecular weight excluding hydrogens is 425 g/mol. The third-order valence-electron chi connectivity index (χ3n) is 5.79. The SMILES string of the molecule is O[C@@H]1CCCC[C@H]1Nc1nc2ccc(Cn3cnc4cc(C(F)(F)F)ccc43)cc2s1. The molecule has 4 aromatic rings. The van der Waals surface area contributed by atoms with Crippen LogP contribution in [0.15, 0.2) is 42.7 Å². The van der Waals surface area contributed by atoms with Gasteiger partial charge in [-0.05, 0) is 48.7 Å². The number of nitrogens with one attached hydrogen (secondary N) is 1. The molecule has 0 unspecified atom stereocenters. The molecule has 162 valence electrons. The zero-order valence-corrected chi connectivity index (χ0v) is 17.4. The maximum absolute atomic E-state index is 12.9. The lowest BCUT2D eigenvalue weighted by Gasteiger charge is -2.27. The fraction of sp³-hybridized carbons (Fsp3) is 0.364. The Balaban J connectivity index is 1.37. The number of hydrogen-bond donors (Lipinski definition) is 2. The van der Waals surface area contributed by atoms with Crippen molar-refractivity contribution >= 4 is 37.7 Å². The van der Waals surface area contributed by atoms with E-state index in [1.807, 2.05) is 22.8 Å². The number of thiazole rings is 1. The number of anilines is 1. The quantitative estimate of drug-likeness (QED) is 0.439. The molecule has 2 atom stereocenters. The molecule has 1 aliphatic carbocycles. The van der Waals surface area contributed by atoms with Gasteiger partial charge in [0.05, 0.1) is 45.3 Å². The lowest BCUT2D eigenvalue weighted by atomic mass is 9.93. The van der Waals surface area contributed by atoms with E-state index in [-0.39, 0.29) is 12.1 Å². The van der Waals surface area contributed by atoms with Gasteiger partial charge >= 0.3 is 6.18 Å². The van der Waals surface area contributed by atoms with Crippen LogP contribution in [0.3, 0.4) is 0 Å². The van der Waals surface area contributed by atoms with Crippen LogP contribution in [-0.2, 0) is 12.7 Å². The van der Waals surface area contributed by atoms with Crippen LogP contribution in [0.2, 0.25) is 0 Å². The van der Waals surface area contributed by atoms with Crippen molar-refractivity contribution < 1.29 is 18.3 Å². The van der Waals surface area contributed by atoms with E-state index < -0.39 is 11.7 Å². The third kappa shape index (κ3) is 4.12. The van der Waals surface area contributed by atoms with E-state index in [0.717, 1.165) is 58.7 Å². The molecule has 1 aliphatic rings. The molecule has 9 heteroatoms. The average Bonchev–Trinajstić information content (AvgIpc) is 3.32. The first-order chi connectivity index (χ1) is 14.9. The van der Waals surface area contributed by atoms with Crippen molar-refractivity contribution in [3.8, 4) is 0 Å². The van der Waals surface area contributed by atoms with Crippen molar-refractivity contribution in [2.45, 2.75) is 50.6 Å². The zero-order valence-electron chi connectivity index (χ0n) is 16.6. The fourth-order valence-electron chi connectivity index (χ4n) is 4.13. The standard InChI is InChI=1S/C22H21F3N4OS/c23-22(24,25)14-6-8-18-17(10-14)26-12-29(18)11-13-5-7-16-20(9-13)31-21(28-16)27-15-3-1-2-4-19(15)30/h5-10,12,15,19,30H,1-4,11H2,(H,27,28)/t15-,19-/m1/s1. The van der Waals surface area contributed by atoms with Gasteiger partial charge in [-0.2, -0.15) is 13.2 Å². The number of rotatable bonds is 4. The van der Waals surface area contributed by atoms with Crippen molar-refractivity contribution in [2.75, 3.05) is 5.32 Å². The van der Waals surface area contributed by atoms with Gasteiger partial charge in [0.25, 0.3) is 0 Å². The Kier molecular flexibility index (Phi) is 5.10. The summed E-state index contributed by atoms with van der Waals surface area (Å²) in [5.74, 6) is 0. The summed E-state index contributed by atoms with van der Waals surface area (Å²) in [6.45, 7) is 0.500. The van der Waals surface area contributed by atoms with Gasteiger partial charge in [0, 0.05) is 6.54 Å². The molecule has 0 amide bonds. The van der Waals surface area contributed by atoms with E-state index in [9.17, 15) is 18.3 Å². The van der Waals surface area contributed by atoms with Gasteiger partial charge in [-0.15, -0.1) is 0 Å². The second kappa shape index (κ2) is 7.80. The molecule has 5 rings (SSSR count). The van der Waals surface area contributed by atoms with Gasteiger partial charge in [-0.25, -0.2) is 9.97 Å². The lowest BCUT2D eigenvalue weighted by Crippen LogP contribution is -2.36. The summed E-state index contributed by atoms with van der Waals surface area (Å²) in [6.07, 6.45) is 0.759. The number of aromatic nitrogens is 3. The topological polar surface area (TPSA) is 63.0 Å². The predicted molar refractivity (Wildman–Crippen MR) is 115 cm³/mol.